The third kappa shape index (κ3) is 6.87. The second-order valence-electron chi connectivity index (χ2n) is 7.16. The van der Waals surface area contributed by atoms with Crippen LogP contribution in [0.15, 0.2) is 29.3 Å². The zero-order chi connectivity index (χ0) is 18.8. The summed E-state index contributed by atoms with van der Waals surface area (Å²) in [5.74, 6) is 2.45. The number of nitrogens with one attached hydrogen (secondary N) is 1. The number of ether oxygens (including phenoxy) is 2. The minimum absolute atomic E-state index is 0.397. The Labute approximate surface area is 158 Å². The Morgan fingerprint density at radius 1 is 1.27 bits per heavy atom. The monoisotopic (exact) mass is 361 g/mol. The zero-order valence-corrected chi connectivity index (χ0v) is 16.8. The lowest BCUT2D eigenvalue weighted by Crippen LogP contribution is -2.47. The second-order valence-corrected chi connectivity index (χ2v) is 7.16. The predicted octanol–water partition coefficient (Wildman–Crippen LogP) is 3.69. The maximum absolute atomic E-state index is 5.83. The van der Waals surface area contributed by atoms with E-state index in [4.69, 9.17) is 14.5 Å². The van der Waals surface area contributed by atoms with Crippen LogP contribution in [0, 0.1) is 5.92 Å². The van der Waals surface area contributed by atoms with Gasteiger partial charge in [0.2, 0.25) is 0 Å². The van der Waals surface area contributed by atoms with Crippen LogP contribution >= 0.6 is 0 Å². The molecule has 1 aromatic carbocycles. The molecule has 1 aliphatic heterocycles. The Morgan fingerprint density at radius 3 is 2.69 bits per heavy atom. The van der Waals surface area contributed by atoms with E-state index in [-0.39, 0.29) is 0 Å². The SMILES string of the molecule is CCNC(=NCc1cccc(OCC(C)C)c1)N1CCC(OCC)CC1. The number of hydrogen-bond donors (Lipinski definition) is 1. The average Bonchev–Trinajstić information content (AvgIpc) is 2.65. The summed E-state index contributed by atoms with van der Waals surface area (Å²) in [6.45, 7) is 13.6. The number of benzene rings is 1. The first-order valence-electron chi connectivity index (χ1n) is 9.99. The Bertz CT molecular complexity index is 552. The Morgan fingerprint density at radius 2 is 2.04 bits per heavy atom. The van der Waals surface area contributed by atoms with Crippen molar-refractivity contribution in [3.8, 4) is 5.75 Å². The Kier molecular flexibility index (Phi) is 8.75. The summed E-state index contributed by atoms with van der Waals surface area (Å²) in [6.07, 6.45) is 2.53. The summed E-state index contributed by atoms with van der Waals surface area (Å²) >= 11 is 0. The lowest BCUT2D eigenvalue weighted by atomic mass is 10.1. The second kappa shape index (κ2) is 11.1. The van der Waals surface area contributed by atoms with Crippen LogP contribution in [-0.4, -0.2) is 49.8 Å². The first-order valence-corrected chi connectivity index (χ1v) is 9.99. The fourth-order valence-corrected chi connectivity index (χ4v) is 3.06. The molecule has 0 aromatic heterocycles. The Hall–Kier alpha value is -1.75. The number of likely N-dealkylation sites (tertiary alicyclic amines) is 1. The predicted molar refractivity (Wildman–Crippen MR) is 108 cm³/mol. The molecule has 0 amide bonds. The van der Waals surface area contributed by atoms with E-state index in [2.05, 4.69) is 50.0 Å². The van der Waals surface area contributed by atoms with Crippen LogP contribution in [0.25, 0.3) is 0 Å². The van der Waals surface area contributed by atoms with Gasteiger partial charge in [-0.05, 0) is 50.3 Å². The molecule has 5 nitrogen and oxygen atoms in total. The highest BCUT2D eigenvalue weighted by atomic mass is 16.5. The zero-order valence-electron chi connectivity index (χ0n) is 16.8. The maximum Gasteiger partial charge on any atom is 0.194 e. The van der Waals surface area contributed by atoms with Crippen LogP contribution in [-0.2, 0) is 11.3 Å². The molecule has 0 saturated carbocycles. The van der Waals surface area contributed by atoms with Crippen LogP contribution in [0.5, 0.6) is 5.75 Å². The van der Waals surface area contributed by atoms with Crippen molar-refractivity contribution >= 4 is 5.96 Å². The molecule has 0 unspecified atom stereocenters. The molecule has 1 N–H and O–H groups in total. The molecule has 0 radical (unpaired) electrons. The summed E-state index contributed by atoms with van der Waals surface area (Å²) in [7, 11) is 0. The molecule has 1 saturated heterocycles. The van der Waals surface area contributed by atoms with Gasteiger partial charge in [-0.2, -0.15) is 0 Å². The van der Waals surface area contributed by atoms with Crippen molar-refractivity contribution in [2.24, 2.45) is 10.9 Å². The van der Waals surface area contributed by atoms with Crippen LogP contribution in [0.4, 0.5) is 0 Å². The van der Waals surface area contributed by atoms with Crippen LogP contribution in [0.2, 0.25) is 0 Å². The van der Waals surface area contributed by atoms with Crippen molar-refractivity contribution in [2.45, 2.75) is 53.2 Å². The largest absolute Gasteiger partial charge is 0.493 e. The third-order valence-electron chi connectivity index (χ3n) is 4.37. The fraction of sp³-hybridized carbons (Fsp3) is 0.667. The normalized spacial score (nSPS) is 16.2. The van der Waals surface area contributed by atoms with E-state index >= 15 is 0 Å². The van der Waals surface area contributed by atoms with Crippen LogP contribution in [0.3, 0.4) is 0 Å². The molecule has 1 aliphatic rings. The third-order valence-corrected chi connectivity index (χ3v) is 4.37. The maximum atomic E-state index is 5.83. The molecule has 5 heteroatoms. The smallest absolute Gasteiger partial charge is 0.194 e. The summed E-state index contributed by atoms with van der Waals surface area (Å²) in [6, 6.07) is 8.26. The molecule has 0 atom stereocenters. The van der Waals surface area contributed by atoms with Gasteiger partial charge in [0.05, 0.1) is 19.3 Å². The van der Waals surface area contributed by atoms with Crippen molar-refractivity contribution in [1.82, 2.24) is 10.2 Å². The first-order chi connectivity index (χ1) is 12.6. The number of guanidine groups is 1. The van der Waals surface area contributed by atoms with Crippen molar-refractivity contribution in [1.29, 1.82) is 0 Å². The summed E-state index contributed by atoms with van der Waals surface area (Å²) in [5.41, 5.74) is 1.17. The van der Waals surface area contributed by atoms with Crippen molar-refractivity contribution < 1.29 is 9.47 Å². The lowest BCUT2D eigenvalue weighted by molar-refractivity contribution is 0.0263. The minimum atomic E-state index is 0.397. The van der Waals surface area contributed by atoms with Gasteiger partial charge >= 0.3 is 0 Å². The van der Waals surface area contributed by atoms with E-state index in [1.165, 1.54) is 5.56 Å². The molecule has 0 bridgehead atoms. The Balaban J connectivity index is 1.95. The molecule has 1 heterocycles. The number of nitrogens with zero attached hydrogens (tertiary/aromatic N) is 2. The fourth-order valence-electron chi connectivity index (χ4n) is 3.06. The molecular weight excluding hydrogens is 326 g/mol. The number of rotatable bonds is 8. The van der Waals surface area contributed by atoms with E-state index in [0.717, 1.165) is 57.4 Å². The molecule has 1 aromatic rings. The number of hydrogen-bond acceptors (Lipinski definition) is 3. The van der Waals surface area contributed by atoms with Crippen LogP contribution in [0.1, 0.15) is 46.1 Å². The highest BCUT2D eigenvalue weighted by molar-refractivity contribution is 5.80. The standard InChI is InChI=1S/C21H35N3O2/c1-5-22-21(24-12-10-19(11-13-24)25-6-2)23-15-18-8-7-9-20(14-18)26-16-17(3)4/h7-9,14,17,19H,5-6,10-13,15-16H2,1-4H3,(H,22,23). The first kappa shape index (κ1) is 20.6. The van der Waals surface area contributed by atoms with Gasteiger partial charge in [-0.15, -0.1) is 0 Å². The average molecular weight is 362 g/mol. The van der Waals surface area contributed by atoms with Gasteiger partial charge < -0.3 is 19.7 Å². The highest BCUT2D eigenvalue weighted by Crippen LogP contribution is 2.16. The summed E-state index contributed by atoms with van der Waals surface area (Å²) in [4.78, 5) is 7.20. The molecule has 0 spiro atoms. The van der Waals surface area contributed by atoms with Gasteiger partial charge in [-0.1, -0.05) is 26.0 Å². The van der Waals surface area contributed by atoms with Gasteiger partial charge in [0, 0.05) is 26.2 Å². The molecule has 146 valence electrons. The molecule has 1 fully saturated rings. The lowest BCUT2D eigenvalue weighted by Gasteiger charge is -2.34. The summed E-state index contributed by atoms with van der Waals surface area (Å²) in [5, 5.41) is 3.43. The highest BCUT2D eigenvalue weighted by Gasteiger charge is 2.21. The van der Waals surface area contributed by atoms with Crippen molar-refractivity contribution in [3.63, 3.8) is 0 Å². The molecule has 26 heavy (non-hydrogen) atoms. The van der Waals surface area contributed by atoms with Gasteiger partial charge in [-0.3, -0.25) is 0 Å². The van der Waals surface area contributed by atoms with Gasteiger partial charge in [0.15, 0.2) is 5.96 Å². The summed E-state index contributed by atoms with van der Waals surface area (Å²) < 4.78 is 11.6. The molecular formula is C21H35N3O2. The van der Waals surface area contributed by atoms with Gasteiger partial charge in [-0.25, -0.2) is 4.99 Å². The van der Waals surface area contributed by atoms with Gasteiger partial charge in [0.25, 0.3) is 0 Å². The van der Waals surface area contributed by atoms with E-state index in [0.29, 0.717) is 18.6 Å². The topological polar surface area (TPSA) is 46.1 Å². The quantitative estimate of drug-likeness (QED) is 0.567. The molecule has 0 aliphatic carbocycles. The molecule has 2 rings (SSSR count). The van der Waals surface area contributed by atoms with Gasteiger partial charge in [0.1, 0.15) is 5.75 Å². The van der Waals surface area contributed by atoms with E-state index in [9.17, 15) is 0 Å². The number of piperidine rings is 1. The van der Waals surface area contributed by atoms with Crippen molar-refractivity contribution in [2.75, 3.05) is 32.8 Å². The van der Waals surface area contributed by atoms with E-state index in [1.807, 2.05) is 12.1 Å². The van der Waals surface area contributed by atoms with Crippen LogP contribution < -0.4 is 10.1 Å². The van der Waals surface area contributed by atoms with E-state index < -0.39 is 0 Å². The van der Waals surface area contributed by atoms with Crippen molar-refractivity contribution in [3.05, 3.63) is 29.8 Å². The number of aliphatic imine (C=N–C) groups is 1. The minimum Gasteiger partial charge on any atom is -0.493 e. The van der Waals surface area contributed by atoms with E-state index in [1.54, 1.807) is 0 Å².